The van der Waals surface area contributed by atoms with E-state index in [1.807, 2.05) is 0 Å². The number of halogens is 1. The summed E-state index contributed by atoms with van der Waals surface area (Å²) in [6, 6.07) is 2.99. The number of nitro benzene ring substituents is 1. The molecule has 1 aromatic carbocycles. The fraction of sp³-hybridized carbons (Fsp3) is 0.300. The minimum absolute atomic E-state index is 0.0681. The molecule has 0 spiro atoms. The number of benzene rings is 1. The maximum atomic E-state index is 11.6. The standard InChI is InChI=1S/C10H13BrN4O3/c1-14(2)5-8(16)13-7-4-3-6(11)10(9(7)12)15(17)18/h3-4H,5,12H2,1-2H3,(H,13,16). The van der Waals surface area contributed by atoms with Gasteiger partial charge < -0.3 is 16.0 Å². The molecule has 98 valence electrons. The lowest BCUT2D eigenvalue weighted by atomic mass is 10.2. The van der Waals surface area contributed by atoms with Crippen LogP contribution in [0.1, 0.15) is 0 Å². The summed E-state index contributed by atoms with van der Waals surface area (Å²) in [6.45, 7) is 0.170. The maximum absolute atomic E-state index is 11.6. The van der Waals surface area contributed by atoms with Crippen molar-refractivity contribution in [2.75, 3.05) is 31.7 Å². The number of nitrogens with two attached hydrogens (primary N) is 1. The maximum Gasteiger partial charge on any atom is 0.308 e. The van der Waals surface area contributed by atoms with Gasteiger partial charge in [0.05, 0.1) is 21.6 Å². The molecule has 0 radical (unpaired) electrons. The summed E-state index contributed by atoms with van der Waals surface area (Å²) in [5.41, 5.74) is 5.58. The molecule has 7 nitrogen and oxygen atoms in total. The van der Waals surface area contributed by atoms with Crippen molar-refractivity contribution >= 4 is 38.9 Å². The Balaban J connectivity index is 3.01. The molecule has 0 atom stereocenters. The molecule has 0 saturated heterocycles. The summed E-state index contributed by atoms with van der Waals surface area (Å²) in [5.74, 6) is -0.289. The Morgan fingerprint density at radius 3 is 2.67 bits per heavy atom. The van der Waals surface area contributed by atoms with Crippen molar-refractivity contribution < 1.29 is 9.72 Å². The number of nitrogen functional groups attached to an aromatic ring is 1. The van der Waals surface area contributed by atoms with E-state index in [0.717, 1.165) is 0 Å². The molecule has 1 amide bonds. The average Bonchev–Trinajstić information content (AvgIpc) is 2.20. The molecule has 0 aliphatic rings. The topological polar surface area (TPSA) is 102 Å². The van der Waals surface area contributed by atoms with Crippen molar-refractivity contribution in [3.63, 3.8) is 0 Å². The fourth-order valence-corrected chi connectivity index (χ4v) is 1.84. The molecule has 1 aromatic rings. The number of hydrogen-bond donors (Lipinski definition) is 2. The Labute approximate surface area is 112 Å². The highest BCUT2D eigenvalue weighted by Gasteiger charge is 2.20. The Morgan fingerprint density at radius 2 is 2.17 bits per heavy atom. The third kappa shape index (κ3) is 3.41. The van der Waals surface area contributed by atoms with Gasteiger partial charge in [0.25, 0.3) is 0 Å². The molecule has 3 N–H and O–H groups in total. The Bertz CT molecular complexity index is 490. The van der Waals surface area contributed by atoms with Gasteiger partial charge in [-0.3, -0.25) is 14.9 Å². The van der Waals surface area contributed by atoms with E-state index in [1.54, 1.807) is 19.0 Å². The van der Waals surface area contributed by atoms with E-state index in [1.165, 1.54) is 12.1 Å². The molecular formula is C10H13BrN4O3. The number of nitro groups is 1. The van der Waals surface area contributed by atoms with E-state index in [4.69, 9.17) is 5.73 Å². The minimum Gasteiger partial charge on any atom is -0.391 e. The highest BCUT2D eigenvalue weighted by atomic mass is 79.9. The van der Waals surface area contributed by atoms with Crippen LogP contribution in [0.2, 0.25) is 0 Å². The first kappa shape index (κ1) is 14.4. The van der Waals surface area contributed by atoms with Gasteiger partial charge in [-0.2, -0.15) is 0 Å². The van der Waals surface area contributed by atoms with Gasteiger partial charge in [-0.05, 0) is 42.2 Å². The minimum atomic E-state index is -0.596. The van der Waals surface area contributed by atoms with Crippen LogP contribution in [-0.4, -0.2) is 36.4 Å². The Hall–Kier alpha value is -1.67. The second-order valence-corrected chi connectivity index (χ2v) is 4.75. The summed E-state index contributed by atoms with van der Waals surface area (Å²) in [6.07, 6.45) is 0. The highest BCUT2D eigenvalue weighted by molar-refractivity contribution is 9.10. The van der Waals surface area contributed by atoms with E-state index in [9.17, 15) is 14.9 Å². The predicted molar refractivity (Wildman–Crippen MR) is 72.4 cm³/mol. The third-order valence-corrected chi connectivity index (χ3v) is 2.72. The molecule has 0 bridgehead atoms. The number of carbonyl (C=O) groups is 1. The smallest absolute Gasteiger partial charge is 0.308 e. The van der Waals surface area contributed by atoms with Crippen LogP contribution in [0.4, 0.5) is 17.1 Å². The van der Waals surface area contributed by atoms with Crippen LogP contribution >= 0.6 is 15.9 Å². The van der Waals surface area contributed by atoms with Crippen LogP contribution in [0.15, 0.2) is 16.6 Å². The molecule has 0 aliphatic carbocycles. The molecule has 0 heterocycles. The first-order valence-corrected chi connectivity index (χ1v) is 5.79. The zero-order valence-electron chi connectivity index (χ0n) is 9.94. The first-order valence-electron chi connectivity index (χ1n) is 5.00. The molecular weight excluding hydrogens is 304 g/mol. The average molecular weight is 317 g/mol. The summed E-state index contributed by atoms with van der Waals surface area (Å²) in [5, 5.41) is 13.4. The van der Waals surface area contributed by atoms with Crippen LogP contribution in [-0.2, 0) is 4.79 Å². The molecule has 0 saturated carbocycles. The lowest BCUT2D eigenvalue weighted by molar-refractivity contribution is -0.384. The van der Waals surface area contributed by atoms with Crippen molar-refractivity contribution in [3.8, 4) is 0 Å². The Kier molecular flexibility index (Phi) is 4.62. The summed E-state index contributed by atoms with van der Waals surface area (Å²) in [7, 11) is 3.49. The summed E-state index contributed by atoms with van der Waals surface area (Å²) < 4.78 is 0.274. The van der Waals surface area contributed by atoms with Crippen LogP contribution in [0.25, 0.3) is 0 Å². The summed E-state index contributed by atoms with van der Waals surface area (Å²) in [4.78, 5) is 23.5. The lowest BCUT2D eigenvalue weighted by Gasteiger charge is -2.12. The second kappa shape index (κ2) is 5.78. The number of nitrogens with one attached hydrogen (secondary N) is 1. The molecule has 18 heavy (non-hydrogen) atoms. The third-order valence-electron chi connectivity index (χ3n) is 2.08. The number of rotatable bonds is 4. The number of nitrogens with zero attached hydrogens (tertiary/aromatic N) is 2. The van der Waals surface area contributed by atoms with E-state index in [-0.39, 0.29) is 34.0 Å². The first-order chi connectivity index (χ1) is 8.32. The zero-order valence-corrected chi connectivity index (χ0v) is 11.5. The van der Waals surface area contributed by atoms with Crippen molar-refractivity contribution in [1.29, 1.82) is 0 Å². The number of likely N-dealkylation sites (N-methyl/N-ethyl adjacent to an activating group) is 1. The predicted octanol–water partition coefficient (Wildman–Crippen LogP) is 1.44. The van der Waals surface area contributed by atoms with Gasteiger partial charge in [-0.1, -0.05) is 0 Å². The van der Waals surface area contributed by atoms with Crippen molar-refractivity contribution in [3.05, 3.63) is 26.7 Å². The number of carbonyl (C=O) groups excluding carboxylic acids is 1. The molecule has 0 fully saturated rings. The zero-order chi connectivity index (χ0) is 13.9. The van der Waals surface area contributed by atoms with E-state index in [0.29, 0.717) is 0 Å². The highest BCUT2D eigenvalue weighted by Crippen LogP contribution is 2.36. The van der Waals surface area contributed by atoms with Gasteiger partial charge in [0.15, 0.2) is 0 Å². The van der Waals surface area contributed by atoms with Gasteiger partial charge in [0, 0.05) is 0 Å². The van der Waals surface area contributed by atoms with E-state index < -0.39 is 4.92 Å². The monoisotopic (exact) mass is 316 g/mol. The number of anilines is 2. The van der Waals surface area contributed by atoms with Crippen molar-refractivity contribution in [2.45, 2.75) is 0 Å². The normalized spacial score (nSPS) is 10.4. The number of amides is 1. The van der Waals surface area contributed by atoms with Gasteiger partial charge in [-0.25, -0.2) is 0 Å². The number of hydrogen-bond acceptors (Lipinski definition) is 5. The van der Waals surface area contributed by atoms with Crippen LogP contribution in [0.3, 0.4) is 0 Å². The van der Waals surface area contributed by atoms with Gasteiger partial charge in [-0.15, -0.1) is 0 Å². The largest absolute Gasteiger partial charge is 0.391 e. The quantitative estimate of drug-likeness (QED) is 0.497. The van der Waals surface area contributed by atoms with Gasteiger partial charge >= 0.3 is 5.69 Å². The molecule has 0 aliphatic heterocycles. The SMILES string of the molecule is CN(C)CC(=O)Nc1ccc(Br)c([N+](=O)[O-])c1N. The van der Waals surface area contributed by atoms with Crippen molar-refractivity contribution in [1.82, 2.24) is 4.90 Å². The second-order valence-electron chi connectivity index (χ2n) is 3.90. The molecule has 1 rings (SSSR count). The van der Waals surface area contributed by atoms with Crippen molar-refractivity contribution in [2.24, 2.45) is 0 Å². The van der Waals surface area contributed by atoms with Gasteiger partial charge in [0.2, 0.25) is 5.91 Å². The molecule has 0 unspecified atom stereocenters. The van der Waals surface area contributed by atoms with E-state index >= 15 is 0 Å². The van der Waals surface area contributed by atoms with Crippen LogP contribution in [0, 0.1) is 10.1 Å². The van der Waals surface area contributed by atoms with Gasteiger partial charge in [0.1, 0.15) is 5.69 Å². The Morgan fingerprint density at radius 1 is 1.56 bits per heavy atom. The summed E-state index contributed by atoms with van der Waals surface area (Å²) >= 11 is 3.05. The van der Waals surface area contributed by atoms with Crippen LogP contribution in [0.5, 0.6) is 0 Å². The molecule has 8 heteroatoms. The van der Waals surface area contributed by atoms with E-state index in [2.05, 4.69) is 21.2 Å². The fourth-order valence-electron chi connectivity index (χ4n) is 1.35. The van der Waals surface area contributed by atoms with Crippen LogP contribution < -0.4 is 11.1 Å². The lowest BCUT2D eigenvalue weighted by Crippen LogP contribution is -2.27. The molecule has 0 aromatic heterocycles.